The number of carbonyl (C=O) groups excluding carboxylic acids is 1. The van der Waals surface area contributed by atoms with E-state index in [9.17, 15) is 13.2 Å². The molecule has 0 spiro atoms. The average molecular weight is 245 g/mol. The zero-order valence-corrected chi connectivity index (χ0v) is 10.9. The SMILES string of the molecule is CCN(C(=O)C=C(C)C)C1CCS(=O)(=O)C1. The molecular weight excluding hydrogens is 226 g/mol. The molecule has 0 bridgehead atoms. The molecule has 0 aromatic carbocycles. The van der Waals surface area contributed by atoms with E-state index in [1.165, 1.54) is 0 Å². The number of nitrogens with zero attached hydrogens (tertiary/aromatic N) is 1. The molecular formula is C11H19NO3S. The largest absolute Gasteiger partial charge is 0.335 e. The molecule has 4 nitrogen and oxygen atoms in total. The molecule has 0 aromatic heterocycles. The van der Waals surface area contributed by atoms with E-state index in [1.54, 1.807) is 11.0 Å². The summed E-state index contributed by atoms with van der Waals surface area (Å²) in [4.78, 5) is 13.5. The van der Waals surface area contributed by atoms with E-state index in [1.807, 2.05) is 20.8 Å². The highest BCUT2D eigenvalue weighted by molar-refractivity contribution is 7.91. The highest BCUT2D eigenvalue weighted by Crippen LogP contribution is 2.18. The summed E-state index contributed by atoms with van der Waals surface area (Å²) in [6, 6.07) is -0.141. The van der Waals surface area contributed by atoms with Crippen molar-refractivity contribution in [2.75, 3.05) is 18.1 Å². The first kappa shape index (κ1) is 13.2. The summed E-state index contributed by atoms with van der Waals surface area (Å²) in [5.74, 6) is 0.240. The summed E-state index contributed by atoms with van der Waals surface area (Å²) in [6.07, 6.45) is 2.13. The van der Waals surface area contributed by atoms with Crippen LogP contribution in [0.25, 0.3) is 0 Å². The fourth-order valence-corrected chi connectivity index (χ4v) is 3.68. The predicted octanol–water partition coefficient (Wildman–Crippen LogP) is 0.988. The second-order valence-electron chi connectivity index (χ2n) is 4.40. The normalized spacial score (nSPS) is 22.8. The summed E-state index contributed by atoms with van der Waals surface area (Å²) in [6.45, 7) is 6.15. The van der Waals surface area contributed by atoms with Crippen molar-refractivity contribution in [3.05, 3.63) is 11.6 Å². The Hall–Kier alpha value is -0.840. The van der Waals surface area contributed by atoms with Crippen molar-refractivity contribution in [3.63, 3.8) is 0 Å². The van der Waals surface area contributed by atoms with Gasteiger partial charge >= 0.3 is 0 Å². The summed E-state index contributed by atoms with van der Waals surface area (Å²) in [5.41, 5.74) is 0.935. The van der Waals surface area contributed by atoms with Gasteiger partial charge in [0, 0.05) is 18.7 Å². The Bertz CT molecular complexity index is 393. The Morgan fingerprint density at radius 1 is 1.44 bits per heavy atom. The first-order valence-corrected chi connectivity index (χ1v) is 7.34. The molecule has 5 heteroatoms. The van der Waals surface area contributed by atoms with E-state index in [2.05, 4.69) is 0 Å². The van der Waals surface area contributed by atoms with Gasteiger partial charge in [-0.3, -0.25) is 4.79 Å². The molecule has 1 amide bonds. The van der Waals surface area contributed by atoms with Gasteiger partial charge in [-0.2, -0.15) is 0 Å². The summed E-state index contributed by atoms with van der Waals surface area (Å²) in [5, 5.41) is 0. The zero-order chi connectivity index (χ0) is 12.3. The van der Waals surface area contributed by atoms with Gasteiger partial charge in [-0.25, -0.2) is 8.42 Å². The minimum atomic E-state index is -2.93. The van der Waals surface area contributed by atoms with Gasteiger partial charge in [-0.1, -0.05) is 5.57 Å². The van der Waals surface area contributed by atoms with Crippen LogP contribution in [-0.2, 0) is 14.6 Å². The highest BCUT2D eigenvalue weighted by atomic mass is 32.2. The average Bonchev–Trinajstić information content (AvgIpc) is 2.46. The first-order chi connectivity index (χ1) is 7.35. The molecule has 0 aromatic rings. The van der Waals surface area contributed by atoms with Gasteiger partial charge in [0.1, 0.15) is 0 Å². The Morgan fingerprint density at radius 3 is 2.44 bits per heavy atom. The molecule has 1 fully saturated rings. The Balaban J connectivity index is 2.77. The number of carbonyl (C=O) groups is 1. The molecule has 1 aliphatic heterocycles. The maximum atomic E-state index is 11.8. The van der Waals surface area contributed by atoms with Crippen molar-refractivity contribution in [2.45, 2.75) is 33.2 Å². The summed E-state index contributed by atoms with van der Waals surface area (Å²) >= 11 is 0. The number of amides is 1. The lowest BCUT2D eigenvalue weighted by Crippen LogP contribution is -2.40. The van der Waals surface area contributed by atoms with Gasteiger partial charge in [0.05, 0.1) is 11.5 Å². The number of hydrogen-bond acceptors (Lipinski definition) is 3. The number of rotatable bonds is 3. The van der Waals surface area contributed by atoms with Crippen LogP contribution in [0.1, 0.15) is 27.2 Å². The fraction of sp³-hybridized carbons (Fsp3) is 0.727. The summed E-state index contributed by atoms with van der Waals surface area (Å²) in [7, 11) is -2.93. The van der Waals surface area contributed by atoms with Crippen LogP contribution in [0, 0.1) is 0 Å². The van der Waals surface area contributed by atoms with Crippen molar-refractivity contribution < 1.29 is 13.2 Å². The lowest BCUT2D eigenvalue weighted by molar-refractivity contribution is -0.127. The standard InChI is InChI=1S/C11H19NO3S/c1-4-12(11(13)7-9(2)3)10-5-6-16(14,15)8-10/h7,10H,4-6,8H2,1-3H3. The fourth-order valence-electron chi connectivity index (χ4n) is 1.95. The first-order valence-electron chi connectivity index (χ1n) is 5.51. The molecule has 0 saturated carbocycles. The van der Waals surface area contributed by atoms with Gasteiger partial charge in [0.15, 0.2) is 9.84 Å². The Labute approximate surface area is 97.2 Å². The highest BCUT2D eigenvalue weighted by Gasteiger charge is 2.33. The molecule has 1 aliphatic rings. The van der Waals surface area contributed by atoms with Gasteiger partial charge in [-0.15, -0.1) is 0 Å². The summed E-state index contributed by atoms with van der Waals surface area (Å²) < 4.78 is 22.7. The Kier molecular flexibility index (Phi) is 4.13. The number of sulfone groups is 1. The second-order valence-corrected chi connectivity index (χ2v) is 6.63. The molecule has 1 saturated heterocycles. The maximum Gasteiger partial charge on any atom is 0.246 e. The van der Waals surface area contributed by atoms with Crippen LogP contribution in [0.2, 0.25) is 0 Å². The van der Waals surface area contributed by atoms with Crippen LogP contribution in [-0.4, -0.2) is 43.3 Å². The van der Waals surface area contributed by atoms with Gasteiger partial charge in [0.25, 0.3) is 0 Å². The lowest BCUT2D eigenvalue weighted by atomic mass is 10.2. The van der Waals surface area contributed by atoms with Crippen molar-refractivity contribution in [1.82, 2.24) is 4.90 Å². The van der Waals surface area contributed by atoms with E-state index in [4.69, 9.17) is 0 Å². The molecule has 1 heterocycles. The molecule has 92 valence electrons. The lowest BCUT2D eigenvalue weighted by Gasteiger charge is -2.25. The number of hydrogen-bond donors (Lipinski definition) is 0. The molecule has 0 radical (unpaired) electrons. The molecule has 0 aliphatic carbocycles. The maximum absolute atomic E-state index is 11.8. The predicted molar refractivity (Wildman–Crippen MR) is 63.9 cm³/mol. The monoisotopic (exact) mass is 245 g/mol. The van der Waals surface area contributed by atoms with Crippen LogP contribution in [0.3, 0.4) is 0 Å². The minimum absolute atomic E-state index is 0.0791. The van der Waals surface area contributed by atoms with Crippen molar-refractivity contribution >= 4 is 15.7 Å². The van der Waals surface area contributed by atoms with Crippen molar-refractivity contribution in [2.24, 2.45) is 0 Å². The van der Waals surface area contributed by atoms with Crippen LogP contribution >= 0.6 is 0 Å². The van der Waals surface area contributed by atoms with Gasteiger partial charge in [0.2, 0.25) is 5.91 Å². The van der Waals surface area contributed by atoms with Crippen LogP contribution in [0.4, 0.5) is 0 Å². The van der Waals surface area contributed by atoms with E-state index in [0.29, 0.717) is 13.0 Å². The van der Waals surface area contributed by atoms with E-state index < -0.39 is 9.84 Å². The molecule has 16 heavy (non-hydrogen) atoms. The van der Waals surface area contributed by atoms with Crippen LogP contribution < -0.4 is 0 Å². The molecule has 1 rings (SSSR count). The topological polar surface area (TPSA) is 54.5 Å². The smallest absolute Gasteiger partial charge is 0.246 e. The van der Waals surface area contributed by atoms with E-state index >= 15 is 0 Å². The van der Waals surface area contributed by atoms with Crippen molar-refractivity contribution in [1.29, 1.82) is 0 Å². The van der Waals surface area contributed by atoms with Gasteiger partial charge in [-0.05, 0) is 27.2 Å². The second kappa shape index (κ2) is 4.99. The molecule has 1 atom stereocenters. The third kappa shape index (κ3) is 3.33. The van der Waals surface area contributed by atoms with E-state index in [0.717, 1.165) is 5.57 Å². The number of allylic oxidation sites excluding steroid dienone is 1. The minimum Gasteiger partial charge on any atom is -0.335 e. The van der Waals surface area contributed by atoms with Gasteiger partial charge < -0.3 is 4.90 Å². The third-order valence-electron chi connectivity index (χ3n) is 2.69. The van der Waals surface area contributed by atoms with E-state index in [-0.39, 0.29) is 23.5 Å². The Morgan fingerprint density at radius 2 is 2.06 bits per heavy atom. The molecule has 0 N–H and O–H groups in total. The third-order valence-corrected chi connectivity index (χ3v) is 4.44. The number of likely N-dealkylation sites (N-methyl/N-ethyl adjacent to an activating group) is 1. The van der Waals surface area contributed by atoms with Crippen LogP contribution in [0.15, 0.2) is 11.6 Å². The quantitative estimate of drug-likeness (QED) is 0.697. The molecule has 1 unspecified atom stereocenters. The van der Waals surface area contributed by atoms with Crippen LogP contribution in [0.5, 0.6) is 0 Å². The van der Waals surface area contributed by atoms with Crippen molar-refractivity contribution in [3.8, 4) is 0 Å². The zero-order valence-electron chi connectivity index (χ0n) is 10.1.